The summed E-state index contributed by atoms with van der Waals surface area (Å²) in [4.78, 5) is 27.0. The molecular formula is C36H36N12P2. The van der Waals surface area contributed by atoms with Crippen LogP contribution in [-0.4, -0.2) is 57.3 Å². The first-order valence-corrected chi connectivity index (χ1v) is 17.8. The van der Waals surface area contributed by atoms with Crippen LogP contribution in [0.15, 0.2) is 150 Å². The average molecular weight is 699 g/mol. The van der Waals surface area contributed by atoms with Crippen LogP contribution in [-0.2, 0) is 0 Å². The van der Waals surface area contributed by atoms with Gasteiger partial charge >= 0.3 is 0 Å². The normalized spacial score (nSPS) is 10.4. The van der Waals surface area contributed by atoms with Crippen molar-refractivity contribution in [1.29, 1.82) is 0 Å². The van der Waals surface area contributed by atoms with E-state index in [1.165, 1.54) is 0 Å². The van der Waals surface area contributed by atoms with Gasteiger partial charge in [0.05, 0.1) is 0 Å². The molecule has 14 heteroatoms. The summed E-state index contributed by atoms with van der Waals surface area (Å²) in [6.45, 7) is 23.0. The van der Waals surface area contributed by atoms with Gasteiger partial charge in [-0.25, -0.2) is 29.9 Å². The van der Waals surface area contributed by atoms with Crippen molar-refractivity contribution in [3.63, 3.8) is 0 Å². The highest BCUT2D eigenvalue weighted by atomic mass is 31.1. The summed E-state index contributed by atoms with van der Waals surface area (Å²) in [5.41, 5.74) is 5.05. The summed E-state index contributed by atoms with van der Waals surface area (Å²) in [6.07, 6.45) is 32.0. The Morgan fingerprint density at radius 2 is 0.480 bits per heavy atom. The summed E-state index contributed by atoms with van der Waals surface area (Å²) in [6, 6.07) is 12.0. The second-order valence-electron chi connectivity index (χ2n) is 9.73. The van der Waals surface area contributed by atoms with Crippen LogP contribution in [0.3, 0.4) is 0 Å². The summed E-state index contributed by atoms with van der Waals surface area (Å²) < 4.78 is 11.3. The third kappa shape index (κ3) is 7.57. The van der Waals surface area contributed by atoms with E-state index in [1.807, 2.05) is 101 Å². The molecule has 0 radical (unpaired) electrons. The van der Waals surface area contributed by atoms with Gasteiger partial charge in [-0.15, -0.1) is 0 Å². The van der Waals surface area contributed by atoms with Gasteiger partial charge < -0.3 is 27.4 Å². The maximum Gasteiger partial charge on any atom is 0.151 e. The van der Waals surface area contributed by atoms with Crippen molar-refractivity contribution in [2.24, 2.45) is 0 Å². The molecule has 6 heterocycles. The molecule has 6 aromatic heterocycles. The molecule has 0 fully saturated rings. The van der Waals surface area contributed by atoms with Gasteiger partial charge in [0.25, 0.3) is 0 Å². The molecule has 1 aromatic carbocycles. The van der Waals surface area contributed by atoms with Crippen molar-refractivity contribution in [2.75, 3.05) is 0 Å². The second kappa shape index (κ2) is 17.3. The number of hydrogen-bond acceptors (Lipinski definition) is 6. The van der Waals surface area contributed by atoms with Gasteiger partial charge in [-0.3, -0.25) is 0 Å². The molecule has 0 bridgehead atoms. The van der Waals surface area contributed by atoms with Crippen molar-refractivity contribution >= 4 is 86.4 Å². The fourth-order valence-electron chi connectivity index (χ4n) is 4.65. The number of aromatic nitrogens is 12. The highest BCUT2D eigenvalue weighted by molar-refractivity contribution is 7.79. The topological polar surface area (TPSA) is 107 Å². The molecule has 0 aliphatic rings. The van der Waals surface area contributed by atoms with Crippen LogP contribution in [0.5, 0.6) is 0 Å². The van der Waals surface area contributed by atoms with E-state index < -0.39 is 15.8 Å². The van der Waals surface area contributed by atoms with Gasteiger partial charge in [0.1, 0.15) is 15.8 Å². The minimum atomic E-state index is -1.07. The van der Waals surface area contributed by atoms with Gasteiger partial charge in [-0.2, -0.15) is 0 Å². The molecule has 0 atom stereocenters. The predicted molar refractivity (Wildman–Crippen MR) is 210 cm³/mol. The molecule has 0 spiro atoms. The van der Waals surface area contributed by atoms with Crippen LogP contribution >= 0.6 is 15.8 Å². The fraction of sp³-hybridized carbons (Fsp3) is 0. The zero-order chi connectivity index (χ0) is 35.3. The highest BCUT2D eigenvalue weighted by Crippen LogP contribution is 2.31. The molecule has 0 saturated carbocycles. The molecule has 0 unspecified atom stereocenters. The lowest BCUT2D eigenvalue weighted by molar-refractivity contribution is 1.17. The van der Waals surface area contributed by atoms with E-state index >= 15 is 0 Å². The van der Waals surface area contributed by atoms with Crippen LogP contribution in [0.4, 0.5) is 0 Å². The lowest BCUT2D eigenvalue weighted by atomic mass is 10.4. The maximum absolute atomic E-state index is 4.50. The minimum absolute atomic E-state index is 0.841. The van der Waals surface area contributed by atoms with Gasteiger partial charge in [-0.05, 0) is 0 Å². The van der Waals surface area contributed by atoms with Crippen LogP contribution in [0.2, 0.25) is 0 Å². The Hall–Kier alpha value is -6.22. The van der Waals surface area contributed by atoms with E-state index in [0.29, 0.717) is 0 Å². The number of rotatable bonds is 12. The quantitative estimate of drug-likeness (QED) is 0.176. The first kappa shape index (κ1) is 35.1. The van der Waals surface area contributed by atoms with E-state index in [0.717, 1.165) is 33.4 Å². The Labute approximate surface area is 293 Å². The lowest BCUT2D eigenvalue weighted by Gasteiger charge is -2.16. The zero-order valence-corrected chi connectivity index (χ0v) is 29.1. The van der Waals surface area contributed by atoms with Gasteiger partial charge in [0, 0.05) is 112 Å². The molecular weight excluding hydrogens is 662 g/mol. The predicted octanol–water partition coefficient (Wildman–Crippen LogP) is 4.36. The standard InChI is InChI=1S/2C15H15N6P.C6H6/c2*1-4-19-10-7-16-13(19)22(14-17-8-11-20(14)5-2)15-18-9-12-21(15)6-3;1-2-4-6-5-3-1/h2*4-12H,1-3H2;1-6H. The van der Waals surface area contributed by atoms with Gasteiger partial charge in [-0.1, -0.05) is 75.9 Å². The van der Waals surface area contributed by atoms with Crippen molar-refractivity contribution in [2.45, 2.75) is 0 Å². The van der Waals surface area contributed by atoms with Gasteiger partial charge in [0.2, 0.25) is 0 Å². The van der Waals surface area contributed by atoms with E-state index in [4.69, 9.17) is 0 Å². The maximum atomic E-state index is 4.50. The Morgan fingerprint density at radius 3 is 0.620 bits per heavy atom. The molecule has 50 heavy (non-hydrogen) atoms. The molecule has 0 aliphatic heterocycles. The first-order valence-electron chi connectivity index (χ1n) is 15.1. The van der Waals surface area contributed by atoms with Crippen LogP contribution in [0.1, 0.15) is 0 Å². The molecule has 7 aromatic rings. The molecule has 12 nitrogen and oxygen atoms in total. The van der Waals surface area contributed by atoms with Crippen molar-refractivity contribution in [3.8, 4) is 0 Å². The zero-order valence-electron chi connectivity index (χ0n) is 27.4. The van der Waals surface area contributed by atoms with Gasteiger partial charge in [0.15, 0.2) is 33.4 Å². The fourth-order valence-corrected chi connectivity index (χ4v) is 9.09. The molecule has 0 aliphatic carbocycles. The monoisotopic (exact) mass is 698 g/mol. The number of benzene rings is 1. The second-order valence-corrected chi connectivity index (χ2v) is 13.5. The molecule has 250 valence electrons. The van der Waals surface area contributed by atoms with Crippen molar-refractivity contribution in [3.05, 3.63) is 150 Å². The molecule has 0 N–H and O–H groups in total. The number of imidazole rings is 6. The smallest absolute Gasteiger partial charge is 0.151 e. The van der Waals surface area contributed by atoms with Crippen molar-refractivity contribution < 1.29 is 0 Å². The average Bonchev–Trinajstić information content (AvgIpc) is 4.03. The Kier molecular flexibility index (Phi) is 12.1. The Morgan fingerprint density at radius 1 is 0.320 bits per heavy atom. The van der Waals surface area contributed by atoms with Crippen LogP contribution in [0.25, 0.3) is 37.2 Å². The number of hydrogen-bond donors (Lipinski definition) is 0. The molecule has 0 saturated heterocycles. The van der Waals surface area contributed by atoms with E-state index in [-0.39, 0.29) is 0 Å². The van der Waals surface area contributed by atoms with Crippen LogP contribution < -0.4 is 33.4 Å². The van der Waals surface area contributed by atoms with E-state index in [1.54, 1.807) is 74.4 Å². The first-order chi connectivity index (χ1) is 24.6. The third-order valence-electron chi connectivity index (χ3n) is 6.94. The minimum Gasteiger partial charge on any atom is -0.307 e. The SMILES string of the molecule is C=Cn1ccnc1P(c1nccn1C=C)c1nccn1C=C.C=Cn1ccnc1P(c1nccn1C=C)c1nccn1C=C.c1ccccc1. The summed E-state index contributed by atoms with van der Waals surface area (Å²) in [7, 11) is -2.15. The molecule has 7 rings (SSSR count). The largest absolute Gasteiger partial charge is 0.307 e. The summed E-state index contributed by atoms with van der Waals surface area (Å²) in [5.74, 6) is 0. The highest BCUT2D eigenvalue weighted by Gasteiger charge is 2.30. The summed E-state index contributed by atoms with van der Waals surface area (Å²) in [5, 5.41) is 0. The van der Waals surface area contributed by atoms with Crippen LogP contribution in [0, 0.1) is 0 Å². The summed E-state index contributed by atoms with van der Waals surface area (Å²) >= 11 is 0. The van der Waals surface area contributed by atoms with E-state index in [9.17, 15) is 0 Å². The Balaban J connectivity index is 0.000000167. The number of nitrogens with zero attached hydrogens (tertiary/aromatic N) is 12. The van der Waals surface area contributed by atoms with Crippen molar-refractivity contribution in [1.82, 2.24) is 57.3 Å². The Bertz CT molecular complexity index is 1790. The third-order valence-corrected chi connectivity index (χ3v) is 11.4. The molecule has 0 amide bonds. The lowest BCUT2D eigenvalue weighted by Crippen LogP contribution is -2.33. The van der Waals surface area contributed by atoms with E-state index in [2.05, 4.69) is 69.4 Å².